The lowest BCUT2D eigenvalue weighted by Gasteiger charge is -2.30. The number of hydrogen-bond donors (Lipinski definition) is 1. The van der Waals surface area contributed by atoms with Gasteiger partial charge in [0.1, 0.15) is 12.3 Å². The van der Waals surface area contributed by atoms with Crippen LogP contribution in [0, 0.1) is 0 Å². The highest BCUT2D eigenvalue weighted by molar-refractivity contribution is 5.85. The minimum atomic E-state index is 0.693. The van der Waals surface area contributed by atoms with Gasteiger partial charge >= 0.3 is 0 Å². The lowest BCUT2D eigenvalue weighted by molar-refractivity contribution is -0.918. The van der Waals surface area contributed by atoms with E-state index in [0.29, 0.717) is 6.61 Å². The number of nitrogens with one attached hydrogen (secondary N) is 1. The molecular formula is C24H28N3O+. The summed E-state index contributed by atoms with van der Waals surface area (Å²) in [4.78, 5) is 1.63. The summed E-state index contributed by atoms with van der Waals surface area (Å²) in [6.07, 6.45) is 1.95. The van der Waals surface area contributed by atoms with Crippen molar-refractivity contribution in [2.45, 2.75) is 13.5 Å². The first kappa shape index (κ1) is 18.5. The van der Waals surface area contributed by atoms with E-state index in [9.17, 15) is 0 Å². The zero-order valence-electron chi connectivity index (χ0n) is 16.5. The Kier molecular flexibility index (Phi) is 5.88. The number of nitrogens with zero attached hydrogens (tertiary/aromatic N) is 2. The Balaban J connectivity index is 1.32. The van der Waals surface area contributed by atoms with Crippen LogP contribution >= 0.6 is 0 Å². The molecule has 3 aromatic carbocycles. The van der Waals surface area contributed by atoms with Crippen LogP contribution in [0.4, 0.5) is 0 Å². The molecular weight excluding hydrogens is 346 g/mol. The summed E-state index contributed by atoms with van der Waals surface area (Å²) >= 11 is 0. The molecule has 1 aliphatic rings. The Morgan fingerprint density at radius 1 is 0.964 bits per heavy atom. The van der Waals surface area contributed by atoms with E-state index < -0.39 is 0 Å². The first-order valence-corrected chi connectivity index (χ1v) is 10.1. The lowest BCUT2D eigenvalue weighted by Crippen LogP contribution is -3.13. The predicted octanol–water partition coefficient (Wildman–Crippen LogP) is 2.97. The topological polar surface area (TPSA) is 29.3 Å². The normalized spacial score (nSPS) is 15.4. The monoisotopic (exact) mass is 374 g/mol. The number of piperazine rings is 1. The van der Waals surface area contributed by atoms with E-state index in [1.54, 1.807) is 4.90 Å². The van der Waals surface area contributed by atoms with Gasteiger partial charge in [-0.15, -0.1) is 0 Å². The number of hydrazone groups is 1. The van der Waals surface area contributed by atoms with Gasteiger partial charge in [0.15, 0.2) is 0 Å². The third kappa shape index (κ3) is 4.52. The molecule has 4 heteroatoms. The Labute approximate surface area is 167 Å². The maximum Gasteiger partial charge on any atom is 0.119 e. The largest absolute Gasteiger partial charge is 0.494 e. The predicted molar refractivity (Wildman–Crippen MR) is 115 cm³/mol. The fourth-order valence-electron chi connectivity index (χ4n) is 3.78. The maximum atomic E-state index is 5.49. The number of benzene rings is 3. The smallest absolute Gasteiger partial charge is 0.119 e. The van der Waals surface area contributed by atoms with Crippen LogP contribution in [0.3, 0.4) is 0 Å². The second-order valence-corrected chi connectivity index (χ2v) is 7.27. The van der Waals surface area contributed by atoms with E-state index >= 15 is 0 Å². The SMILES string of the molecule is CCOc1ccc(/C=N\N2CC[NH+](Cc3cccc4ccccc34)CC2)cc1. The third-order valence-corrected chi connectivity index (χ3v) is 5.33. The van der Waals surface area contributed by atoms with E-state index in [2.05, 4.69) is 64.7 Å². The lowest BCUT2D eigenvalue weighted by atomic mass is 10.0. The van der Waals surface area contributed by atoms with Crippen molar-refractivity contribution in [2.75, 3.05) is 32.8 Å². The van der Waals surface area contributed by atoms with Crippen LogP contribution in [0.5, 0.6) is 5.75 Å². The molecule has 0 atom stereocenters. The molecule has 3 aromatic rings. The van der Waals surface area contributed by atoms with Gasteiger partial charge < -0.3 is 9.64 Å². The molecule has 1 fully saturated rings. The molecule has 1 heterocycles. The highest BCUT2D eigenvalue weighted by atomic mass is 16.5. The quantitative estimate of drug-likeness (QED) is 0.672. The van der Waals surface area contributed by atoms with Crippen LogP contribution in [0.2, 0.25) is 0 Å². The van der Waals surface area contributed by atoms with Crippen LogP contribution < -0.4 is 9.64 Å². The molecule has 0 aromatic heterocycles. The van der Waals surface area contributed by atoms with Gasteiger partial charge in [0.25, 0.3) is 0 Å². The second-order valence-electron chi connectivity index (χ2n) is 7.27. The summed E-state index contributed by atoms with van der Waals surface area (Å²) < 4.78 is 5.49. The highest BCUT2D eigenvalue weighted by Crippen LogP contribution is 2.17. The van der Waals surface area contributed by atoms with Gasteiger partial charge in [0.2, 0.25) is 0 Å². The first-order chi connectivity index (χ1) is 13.8. The van der Waals surface area contributed by atoms with Crippen LogP contribution in [-0.2, 0) is 6.54 Å². The zero-order valence-corrected chi connectivity index (χ0v) is 16.5. The molecule has 0 aliphatic carbocycles. The summed E-state index contributed by atoms with van der Waals surface area (Å²) in [5.74, 6) is 0.908. The Morgan fingerprint density at radius 3 is 2.50 bits per heavy atom. The van der Waals surface area contributed by atoms with Crippen molar-refractivity contribution in [3.63, 3.8) is 0 Å². The van der Waals surface area contributed by atoms with Gasteiger partial charge in [-0.1, -0.05) is 42.5 Å². The summed E-state index contributed by atoms with van der Waals surface area (Å²) in [5.41, 5.74) is 2.55. The molecule has 144 valence electrons. The number of quaternary nitrogens is 1. The van der Waals surface area contributed by atoms with Gasteiger partial charge in [0.05, 0.1) is 39.0 Å². The van der Waals surface area contributed by atoms with Crippen molar-refractivity contribution in [1.82, 2.24) is 5.01 Å². The Bertz CT molecular complexity index is 923. The van der Waals surface area contributed by atoms with E-state index in [-0.39, 0.29) is 0 Å². The molecule has 0 spiro atoms. The Hall–Kier alpha value is -2.85. The van der Waals surface area contributed by atoms with Gasteiger partial charge in [0, 0.05) is 5.56 Å². The zero-order chi connectivity index (χ0) is 19.2. The van der Waals surface area contributed by atoms with Crippen molar-refractivity contribution in [3.8, 4) is 5.75 Å². The van der Waals surface area contributed by atoms with E-state index in [1.807, 2.05) is 25.3 Å². The van der Waals surface area contributed by atoms with Crippen LogP contribution in [-0.4, -0.2) is 44.0 Å². The molecule has 1 saturated heterocycles. The average molecular weight is 375 g/mol. The maximum absolute atomic E-state index is 5.49. The summed E-state index contributed by atoms with van der Waals surface area (Å²) in [7, 11) is 0. The molecule has 28 heavy (non-hydrogen) atoms. The molecule has 4 rings (SSSR count). The van der Waals surface area contributed by atoms with E-state index in [0.717, 1.165) is 44.0 Å². The van der Waals surface area contributed by atoms with Crippen LogP contribution in [0.1, 0.15) is 18.1 Å². The van der Waals surface area contributed by atoms with Crippen molar-refractivity contribution in [1.29, 1.82) is 0 Å². The van der Waals surface area contributed by atoms with E-state index in [1.165, 1.54) is 16.3 Å². The minimum absolute atomic E-state index is 0.693. The molecule has 0 bridgehead atoms. The summed E-state index contributed by atoms with van der Waals surface area (Å²) in [6.45, 7) is 7.99. The fraction of sp³-hybridized carbons (Fsp3) is 0.292. The molecule has 0 amide bonds. The van der Waals surface area contributed by atoms with E-state index in [4.69, 9.17) is 4.74 Å². The van der Waals surface area contributed by atoms with Crippen molar-refractivity contribution in [2.24, 2.45) is 5.10 Å². The second kappa shape index (κ2) is 8.89. The van der Waals surface area contributed by atoms with Crippen molar-refractivity contribution < 1.29 is 9.64 Å². The standard InChI is InChI=1S/C24H27N3O/c1-2-28-23-12-10-20(11-13-23)18-25-27-16-14-26(15-17-27)19-22-8-5-7-21-6-3-4-9-24(21)22/h3-13,18H,2,14-17,19H2,1H3/p+1/b25-18-. The van der Waals surface area contributed by atoms with Crippen molar-refractivity contribution >= 4 is 17.0 Å². The molecule has 1 aliphatic heterocycles. The highest BCUT2D eigenvalue weighted by Gasteiger charge is 2.19. The number of hydrogen-bond acceptors (Lipinski definition) is 3. The van der Waals surface area contributed by atoms with Gasteiger partial charge in [-0.25, -0.2) is 0 Å². The molecule has 0 saturated carbocycles. The number of ether oxygens (including phenoxy) is 1. The summed E-state index contributed by atoms with van der Waals surface area (Å²) in [6, 6.07) is 23.4. The molecule has 0 radical (unpaired) electrons. The minimum Gasteiger partial charge on any atom is -0.494 e. The first-order valence-electron chi connectivity index (χ1n) is 10.1. The number of fused-ring (bicyclic) bond motifs is 1. The fourth-order valence-corrected chi connectivity index (χ4v) is 3.78. The van der Waals surface area contributed by atoms with Crippen LogP contribution in [0.25, 0.3) is 10.8 Å². The average Bonchev–Trinajstić information content (AvgIpc) is 2.75. The summed E-state index contributed by atoms with van der Waals surface area (Å²) in [5, 5.41) is 9.57. The third-order valence-electron chi connectivity index (χ3n) is 5.33. The number of rotatable bonds is 6. The van der Waals surface area contributed by atoms with Crippen LogP contribution in [0.15, 0.2) is 71.8 Å². The molecule has 4 nitrogen and oxygen atoms in total. The molecule has 0 unspecified atom stereocenters. The molecule has 1 N–H and O–H groups in total. The van der Waals surface area contributed by atoms with Crippen molar-refractivity contribution in [3.05, 3.63) is 77.9 Å². The van der Waals surface area contributed by atoms with Gasteiger partial charge in [-0.2, -0.15) is 5.10 Å². The van der Waals surface area contributed by atoms with Gasteiger partial charge in [-0.3, -0.25) is 5.01 Å². The van der Waals surface area contributed by atoms with Gasteiger partial charge in [-0.05, 0) is 47.5 Å². The Morgan fingerprint density at radius 2 is 1.71 bits per heavy atom.